The van der Waals surface area contributed by atoms with Crippen LogP contribution in [0.2, 0.25) is 0 Å². The smallest absolute Gasteiger partial charge is 0.409 e. The summed E-state index contributed by atoms with van der Waals surface area (Å²) in [6, 6.07) is 13.1. The van der Waals surface area contributed by atoms with E-state index in [1.54, 1.807) is 4.90 Å². The molecule has 1 saturated carbocycles. The molecule has 2 heterocycles. The lowest BCUT2D eigenvalue weighted by Gasteiger charge is -2.28. The highest BCUT2D eigenvalue weighted by Gasteiger charge is 2.32. The number of carbonyl (C=O) groups is 2. The van der Waals surface area contributed by atoms with Crippen LogP contribution in [-0.4, -0.2) is 45.3 Å². The number of nitrogens with zero attached hydrogens (tertiary/aromatic N) is 3. The van der Waals surface area contributed by atoms with Crippen LogP contribution in [0.15, 0.2) is 36.4 Å². The average Bonchev–Trinajstić information content (AvgIpc) is 3.29. The van der Waals surface area contributed by atoms with Crippen LogP contribution in [0.1, 0.15) is 72.6 Å². The van der Waals surface area contributed by atoms with Crippen molar-refractivity contribution in [2.45, 2.75) is 70.9 Å². The zero-order chi connectivity index (χ0) is 25.4. The van der Waals surface area contributed by atoms with Crippen molar-refractivity contribution >= 4 is 23.1 Å². The number of rotatable bonds is 5. The summed E-state index contributed by atoms with van der Waals surface area (Å²) in [7, 11) is 1.42. The highest BCUT2D eigenvalue weighted by Crippen LogP contribution is 2.40. The SMILES string of the molecule is COC(=O)N1CCc2ccc3c(nc(C4CCC(C(=O)O)CC4)n3[C@H](C)Cc3ccccc3C)c2C1. The molecular weight excluding hydrogens is 454 g/mol. The van der Waals surface area contributed by atoms with Gasteiger partial charge in [0.05, 0.1) is 30.6 Å². The molecule has 0 spiro atoms. The van der Waals surface area contributed by atoms with E-state index in [1.165, 1.54) is 23.8 Å². The van der Waals surface area contributed by atoms with Crippen LogP contribution in [0.3, 0.4) is 0 Å². The van der Waals surface area contributed by atoms with Crippen LogP contribution in [0, 0.1) is 12.8 Å². The van der Waals surface area contributed by atoms with Crippen molar-refractivity contribution in [3.05, 3.63) is 64.5 Å². The Labute approximate surface area is 212 Å². The molecule has 2 aromatic carbocycles. The minimum Gasteiger partial charge on any atom is -0.481 e. The number of hydrogen-bond donors (Lipinski definition) is 1. The van der Waals surface area contributed by atoms with Gasteiger partial charge in [-0.2, -0.15) is 0 Å². The molecule has 1 aliphatic carbocycles. The topological polar surface area (TPSA) is 84.7 Å². The molecule has 36 heavy (non-hydrogen) atoms. The Kier molecular flexibility index (Phi) is 6.73. The second kappa shape index (κ2) is 9.96. The van der Waals surface area contributed by atoms with E-state index in [0.29, 0.717) is 25.9 Å². The number of methoxy groups -OCH3 is 1. The van der Waals surface area contributed by atoms with E-state index in [-0.39, 0.29) is 24.0 Å². The first-order chi connectivity index (χ1) is 17.4. The molecule has 7 nitrogen and oxygen atoms in total. The van der Waals surface area contributed by atoms with E-state index in [9.17, 15) is 14.7 Å². The van der Waals surface area contributed by atoms with Crippen molar-refractivity contribution < 1.29 is 19.4 Å². The van der Waals surface area contributed by atoms with Crippen LogP contribution < -0.4 is 0 Å². The number of carbonyl (C=O) groups excluding carboxylic acids is 1. The minimum atomic E-state index is -0.688. The van der Waals surface area contributed by atoms with E-state index in [0.717, 1.165) is 48.1 Å². The summed E-state index contributed by atoms with van der Waals surface area (Å²) in [5.74, 6) is 0.332. The Hall–Kier alpha value is -3.35. The number of benzene rings is 2. The normalized spacial score (nSPS) is 20.7. The van der Waals surface area contributed by atoms with Crippen LogP contribution in [-0.2, 0) is 28.9 Å². The summed E-state index contributed by atoms with van der Waals surface area (Å²) in [4.78, 5) is 30.9. The van der Waals surface area contributed by atoms with Crippen LogP contribution in [0.5, 0.6) is 0 Å². The van der Waals surface area contributed by atoms with Gasteiger partial charge < -0.3 is 19.3 Å². The van der Waals surface area contributed by atoms with Gasteiger partial charge in [0.2, 0.25) is 0 Å². The molecule has 1 amide bonds. The van der Waals surface area contributed by atoms with Crippen molar-refractivity contribution in [3.63, 3.8) is 0 Å². The third-order valence-electron chi connectivity index (χ3n) is 8.18. The zero-order valence-corrected chi connectivity index (χ0v) is 21.4. The molecule has 0 saturated heterocycles. The van der Waals surface area contributed by atoms with Crippen molar-refractivity contribution in [2.24, 2.45) is 5.92 Å². The number of amides is 1. The number of fused-ring (bicyclic) bond motifs is 3. The predicted molar refractivity (Wildman–Crippen MR) is 138 cm³/mol. The van der Waals surface area contributed by atoms with Gasteiger partial charge in [-0.15, -0.1) is 0 Å². The van der Waals surface area contributed by atoms with E-state index < -0.39 is 5.97 Å². The molecule has 5 rings (SSSR count). The van der Waals surface area contributed by atoms with Crippen LogP contribution in [0.4, 0.5) is 4.79 Å². The Morgan fingerprint density at radius 2 is 1.89 bits per heavy atom. The van der Waals surface area contributed by atoms with E-state index in [4.69, 9.17) is 9.72 Å². The molecule has 1 aliphatic heterocycles. The first-order valence-electron chi connectivity index (χ1n) is 13.0. The van der Waals surface area contributed by atoms with Gasteiger partial charge in [-0.1, -0.05) is 30.3 Å². The molecular formula is C29H35N3O4. The van der Waals surface area contributed by atoms with Crippen molar-refractivity contribution in [3.8, 4) is 0 Å². The highest BCUT2D eigenvalue weighted by atomic mass is 16.5. The molecule has 0 radical (unpaired) electrons. The van der Waals surface area contributed by atoms with Gasteiger partial charge in [-0.05, 0) is 75.1 Å². The summed E-state index contributed by atoms with van der Waals surface area (Å²) in [5, 5.41) is 9.50. The number of hydrogen-bond acceptors (Lipinski definition) is 4. The summed E-state index contributed by atoms with van der Waals surface area (Å²) in [6.45, 7) is 5.54. The fourth-order valence-corrected chi connectivity index (χ4v) is 6.10. The van der Waals surface area contributed by atoms with Crippen molar-refractivity contribution in [1.82, 2.24) is 14.5 Å². The van der Waals surface area contributed by atoms with Gasteiger partial charge in [-0.3, -0.25) is 4.79 Å². The quantitative estimate of drug-likeness (QED) is 0.502. The molecule has 3 aromatic rings. The Morgan fingerprint density at radius 1 is 1.14 bits per heavy atom. The summed E-state index contributed by atoms with van der Waals surface area (Å²) in [5.41, 5.74) is 7.00. The van der Waals surface area contributed by atoms with E-state index in [2.05, 4.69) is 54.8 Å². The highest BCUT2D eigenvalue weighted by molar-refractivity contribution is 5.82. The molecule has 0 unspecified atom stereocenters. The zero-order valence-electron chi connectivity index (χ0n) is 21.4. The van der Waals surface area contributed by atoms with Crippen molar-refractivity contribution in [2.75, 3.05) is 13.7 Å². The van der Waals surface area contributed by atoms with Gasteiger partial charge in [0, 0.05) is 24.1 Å². The monoisotopic (exact) mass is 489 g/mol. The molecule has 1 fully saturated rings. The molecule has 190 valence electrons. The van der Waals surface area contributed by atoms with Crippen LogP contribution in [0.25, 0.3) is 11.0 Å². The molecule has 2 aliphatic rings. The second-order valence-corrected chi connectivity index (χ2v) is 10.4. The Bertz CT molecular complexity index is 1290. The first-order valence-corrected chi connectivity index (χ1v) is 13.0. The fraction of sp³-hybridized carbons (Fsp3) is 0.483. The van der Waals surface area contributed by atoms with Gasteiger partial charge in [0.25, 0.3) is 0 Å². The van der Waals surface area contributed by atoms with E-state index >= 15 is 0 Å². The predicted octanol–water partition coefficient (Wildman–Crippen LogP) is 5.63. The number of aromatic nitrogens is 2. The second-order valence-electron chi connectivity index (χ2n) is 10.4. The maximum absolute atomic E-state index is 12.3. The summed E-state index contributed by atoms with van der Waals surface area (Å²) in [6.07, 6.45) is 4.39. The average molecular weight is 490 g/mol. The molecule has 1 aromatic heterocycles. The number of carboxylic acid groups (broad SMARTS) is 1. The summed E-state index contributed by atoms with van der Waals surface area (Å²) < 4.78 is 7.39. The number of aryl methyl sites for hydroxylation is 1. The Balaban J connectivity index is 1.57. The number of imidazole rings is 1. The summed E-state index contributed by atoms with van der Waals surface area (Å²) >= 11 is 0. The van der Waals surface area contributed by atoms with Crippen molar-refractivity contribution in [1.29, 1.82) is 0 Å². The standard InChI is InChI=1S/C29H35N3O4/c1-18-6-4-5-7-23(18)16-19(2)32-25-13-12-20-14-15-31(29(35)36-3)17-24(20)26(25)30-27(32)21-8-10-22(11-9-21)28(33)34/h4-7,12-13,19,21-22H,8-11,14-17H2,1-3H3,(H,33,34)/t19-,21?,22?/m1/s1. The molecule has 1 atom stereocenters. The molecule has 7 heteroatoms. The third-order valence-corrected chi connectivity index (χ3v) is 8.18. The maximum atomic E-state index is 12.3. The lowest BCUT2D eigenvalue weighted by Crippen LogP contribution is -2.35. The Morgan fingerprint density at radius 3 is 2.58 bits per heavy atom. The fourth-order valence-electron chi connectivity index (χ4n) is 6.10. The lowest BCUT2D eigenvalue weighted by molar-refractivity contribution is -0.142. The number of carboxylic acids is 1. The number of ether oxygens (including phenoxy) is 1. The van der Waals surface area contributed by atoms with Gasteiger partial charge in [-0.25, -0.2) is 9.78 Å². The number of aliphatic carboxylic acids is 1. The minimum absolute atomic E-state index is 0.182. The maximum Gasteiger partial charge on any atom is 0.409 e. The largest absolute Gasteiger partial charge is 0.481 e. The van der Waals surface area contributed by atoms with Gasteiger partial charge in [0.15, 0.2) is 0 Å². The third kappa shape index (κ3) is 4.47. The van der Waals surface area contributed by atoms with E-state index in [1.807, 2.05) is 0 Å². The van der Waals surface area contributed by atoms with Crippen LogP contribution >= 0.6 is 0 Å². The van der Waals surface area contributed by atoms with Gasteiger partial charge >= 0.3 is 12.1 Å². The first kappa shape index (κ1) is 24.3. The van der Waals surface area contributed by atoms with Gasteiger partial charge in [0.1, 0.15) is 5.82 Å². The molecule has 1 N–H and O–H groups in total. The lowest BCUT2D eigenvalue weighted by atomic mass is 9.81. The molecule has 0 bridgehead atoms.